The number of hydrogen-bond donors (Lipinski definition) is 2. The van der Waals surface area contributed by atoms with Crippen LogP contribution >= 0.6 is 0 Å². The van der Waals surface area contributed by atoms with Gasteiger partial charge in [-0.1, -0.05) is 36.4 Å². The second-order valence-electron chi connectivity index (χ2n) is 6.21. The number of methoxy groups -OCH3 is 1. The number of hydrogen-bond acceptors (Lipinski definition) is 6. The lowest BCUT2D eigenvalue weighted by molar-refractivity contribution is 0.0600. The van der Waals surface area contributed by atoms with Gasteiger partial charge in [0.25, 0.3) is 0 Å². The molecule has 0 atom stereocenters. The number of nitrogens with one attached hydrogen (secondary N) is 2. The van der Waals surface area contributed by atoms with Crippen LogP contribution in [0.3, 0.4) is 0 Å². The highest BCUT2D eigenvalue weighted by atomic mass is 16.5. The molecule has 0 aliphatic heterocycles. The van der Waals surface area contributed by atoms with Crippen LogP contribution in [0.1, 0.15) is 15.9 Å². The van der Waals surface area contributed by atoms with Crippen molar-refractivity contribution in [3.05, 3.63) is 90.0 Å². The molecule has 29 heavy (non-hydrogen) atoms. The van der Waals surface area contributed by atoms with Gasteiger partial charge < -0.3 is 19.6 Å². The molecule has 0 aliphatic rings. The van der Waals surface area contributed by atoms with Gasteiger partial charge in [0.15, 0.2) is 0 Å². The normalized spacial score (nSPS) is 10.2. The number of carbonyl (C=O) groups excluding carboxylic acids is 1. The molecule has 0 spiro atoms. The van der Waals surface area contributed by atoms with Crippen LogP contribution in [0.25, 0.3) is 0 Å². The number of ether oxygens (including phenoxy) is 3. The third kappa shape index (κ3) is 6.55. The Hall–Kier alpha value is -3.51. The number of anilines is 1. The molecule has 0 fully saturated rings. The molecule has 3 rings (SSSR count). The molecule has 0 saturated carbocycles. The fourth-order valence-corrected chi connectivity index (χ4v) is 2.66. The van der Waals surface area contributed by atoms with Crippen molar-refractivity contribution in [3.63, 3.8) is 0 Å². The zero-order valence-electron chi connectivity index (χ0n) is 16.3. The van der Waals surface area contributed by atoms with Crippen molar-refractivity contribution in [2.45, 2.75) is 6.54 Å². The van der Waals surface area contributed by atoms with Gasteiger partial charge in [0.1, 0.15) is 24.7 Å². The number of carbonyl (C=O) groups is 1. The van der Waals surface area contributed by atoms with Crippen molar-refractivity contribution in [3.8, 4) is 11.5 Å². The Morgan fingerprint density at radius 3 is 2.24 bits per heavy atom. The van der Waals surface area contributed by atoms with E-state index in [1.54, 1.807) is 24.3 Å². The lowest BCUT2D eigenvalue weighted by Crippen LogP contribution is -2.20. The van der Waals surface area contributed by atoms with Crippen LogP contribution in [0, 0.1) is 0 Å². The van der Waals surface area contributed by atoms with E-state index < -0.39 is 0 Å². The monoisotopic (exact) mass is 392 g/mol. The Balaban J connectivity index is 1.42. The van der Waals surface area contributed by atoms with Crippen molar-refractivity contribution in [2.75, 3.05) is 25.7 Å². The summed E-state index contributed by atoms with van der Waals surface area (Å²) in [7, 11) is 1.35. The van der Waals surface area contributed by atoms with Crippen LogP contribution in [0.5, 0.6) is 11.5 Å². The predicted octanol–water partition coefficient (Wildman–Crippen LogP) is 4.05. The number of hydrazine groups is 1. The lowest BCUT2D eigenvalue weighted by atomic mass is 10.2. The van der Waals surface area contributed by atoms with E-state index >= 15 is 0 Å². The van der Waals surface area contributed by atoms with Gasteiger partial charge in [-0.25, -0.2) is 10.2 Å². The van der Waals surface area contributed by atoms with E-state index in [9.17, 15) is 4.79 Å². The summed E-state index contributed by atoms with van der Waals surface area (Å²) in [5.74, 6) is 0.983. The summed E-state index contributed by atoms with van der Waals surface area (Å²) >= 11 is 0. The first-order valence-electron chi connectivity index (χ1n) is 9.31. The van der Waals surface area contributed by atoms with Crippen LogP contribution in [0.15, 0.2) is 78.9 Å². The van der Waals surface area contributed by atoms with E-state index in [1.807, 2.05) is 54.6 Å². The minimum Gasteiger partial charge on any atom is -0.490 e. The van der Waals surface area contributed by atoms with E-state index in [0.717, 1.165) is 17.0 Å². The number of esters is 1. The van der Waals surface area contributed by atoms with Crippen molar-refractivity contribution < 1.29 is 19.0 Å². The van der Waals surface area contributed by atoms with Crippen LogP contribution in [0.4, 0.5) is 5.69 Å². The van der Waals surface area contributed by atoms with Gasteiger partial charge in [-0.2, -0.15) is 0 Å². The van der Waals surface area contributed by atoms with E-state index in [4.69, 9.17) is 14.2 Å². The quantitative estimate of drug-likeness (QED) is 0.308. The van der Waals surface area contributed by atoms with Crippen molar-refractivity contribution in [1.29, 1.82) is 0 Å². The number of para-hydroxylation sites is 1. The van der Waals surface area contributed by atoms with Gasteiger partial charge in [-0.05, 0) is 48.0 Å². The van der Waals surface area contributed by atoms with Gasteiger partial charge in [-0.3, -0.25) is 0 Å². The average molecular weight is 392 g/mol. The van der Waals surface area contributed by atoms with Crippen molar-refractivity contribution in [2.24, 2.45) is 0 Å². The maximum Gasteiger partial charge on any atom is 0.337 e. The number of benzene rings is 3. The predicted molar refractivity (Wildman–Crippen MR) is 112 cm³/mol. The van der Waals surface area contributed by atoms with E-state index in [-0.39, 0.29) is 5.97 Å². The van der Waals surface area contributed by atoms with Gasteiger partial charge in [-0.15, -0.1) is 0 Å². The lowest BCUT2D eigenvalue weighted by Gasteiger charge is -2.11. The molecule has 0 unspecified atom stereocenters. The Morgan fingerprint density at radius 1 is 0.828 bits per heavy atom. The van der Waals surface area contributed by atoms with E-state index in [1.165, 1.54) is 7.11 Å². The highest BCUT2D eigenvalue weighted by Crippen LogP contribution is 2.16. The van der Waals surface area contributed by atoms with Gasteiger partial charge in [0.2, 0.25) is 0 Å². The summed E-state index contributed by atoms with van der Waals surface area (Å²) in [5.41, 5.74) is 8.90. The molecule has 0 bridgehead atoms. The van der Waals surface area contributed by atoms with Gasteiger partial charge in [0.05, 0.1) is 12.7 Å². The smallest absolute Gasteiger partial charge is 0.337 e. The third-order valence-electron chi connectivity index (χ3n) is 4.07. The molecule has 3 aromatic rings. The minimum atomic E-state index is -0.390. The third-order valence-corrected chi connectivity index (χ3v) is 4.07. The molecule has 0 heterocycles. The molecule has 0 aromatic heterocycles. The molecule has 0 radical (unpaired) electrons. The molecule has 6 nitrogen and oxygen atoms in total. The summed E-state index contributed by atoms with van der Waals surface area (Å²) < 4.78 is 16.1. The first-order valence-corrected chi connectivity index (χ1v) is 9.31. The molecule has 150 valence electrons. The summed E-state index contributed by atoms with van der Waals surface area (Å²) in [6.07, 6.45) is 0. The first kappa shape index (κ1) is 20.2. The SMILES string of the molecule is COC(=O)c1cccc(OCCOc2cccc(CNNc3ccccc3)c2)c1. The standard InChI is InChI=1S/C23H24N2O4/c1-27-23(26)19-8-6-12-22(16-19)29-14-13-28-21-11-5-7-18(15-21)17-24-25-20-9-3-2-4-10-20/h2-12,15-16,24-25H,13-14,17H2,1H3. The summed E-state index contributed by atoms with van der Waals surface area (Å²) in [5, 5.41) is 0. The van der Waals surface area contributed by atoms with Gasteiger partial charge in [0, 0.05) is 12.2 Å². The molecule has 6 heteroatoms. The van der Waals surface area contributed by atoms with Gasteiger partial charge >= 0.3 is 5.97 Å². The topological polar surface area (TPSA) is 68.8 Å². The molecule has 0 amide bonds. The molecule has 0 aliphatic carbocycles. The number of rotatable bonds is 10. The van der Waals surface area contributed by atoms with Crippen LogP contribution in [-0.2, 0) is 11.3 Å². The van der Waals surface area contributed by atoms with Crippen molar-refractivity contribution in [1.82, 2.24) is 5.43 Å². The molecule has 3 aromatic carbocycles. The first-order chi connectivity index (χ1) is 14.2. The zero-order chi connectivity index (χ0) is 20.3. The Morgan fingerprint density at radius 2 is 1.52 bits per heavy atom. The van der Waals surface area contributed by atoms with Crippen LogP contribution in [0.2, 0.25) is 0 Å². The fourth-order valence-electron chi connectivity index (χ4n) is 2.66. The van der Waals surface area contributed by atoms with Crippen LogP contribution in [-0.4, -0.2) is 26.3 Å². The molecular weight excluding hydrogens is 368 g/mol. The summed E-state index contributed by atoms with van der Waals surface area (Å²) in [6.45, 7) is 1.41. The Kier molecular flexibility index (Phi) is 7.48. The van der Waals surface area contributed by atoms with E-state index in [0.29, 0.717) is 31.1 Å². The highest BCUT2D eigenvalue weighted by molar-refractivity contribution is 5.89. The van der Waals surface area contributed by atoms with Crippen LogP contribution < -0.4 is 20.3 Å². The Bertz CT molecular complexity index is 916. The average Bonchev–Trinajstić information content (AvgIpc) is 2.77. The molecular formula is C23H24N2O4. The second-order valence-corrected chi connectivity index (χ2v) is 6.21. The maximum absolute atomic E-state index is 11.6. The highest BCUT2D eigenvalue weighted by Gasteiger charge is 2.06. The molecule has 2 N–H and O–H groups in total. The second kappa shape index (κ2) is 10.7. The fraction of sp³-hybridized carbons (Fsp3) is 0.174. The zero-order valence-corrected chi connectivity index (χ0v) is 16.3. The summed E-state index contributed by atoms with van der Waals surface area (Å²) in [4.78, 5) is 11.6. The largest absolute Gasteiger partial charge is 0.490 e. The maximum atomic E-state index is 11.6. The summed E-state index contributed by atoms with van der Waals surface area (Å²) in [6, 6.07) is 24.7. The minimum absolute atomic E-state index is 0.364. The Labute approximate surface area is 170 Å². The van der Waals surface area contributed by atoms with E-state index in [2.05, 4.69) is 10.9 Å². The molecule has 0 saturated heterocycles. The van der Waals surface area contributed by atoms with Crippen molar-refractivity contribution >= 4 is 11.7 Å².